The SMILES string of the molecule is CC(=O)C1CCN(C)N1C. The molecule has 0 aromatic rings. The van der Waals surface area contributed by atoms with Gasteiger partial charge in [-0.15, -0.1) is 0 Å². The monoisotopic (exact) mass is 142 g/mol. The molecular formula is C7H14N2O. The molecule has 1 rings (SSSR count). The van der Waals surface area contributed by atoms with Crippen LogP contribution in [0, 0.1) is 0 Å². The van der Waals surface area contributed by atoms with E-state index in [-0.39, 0.29) is 11.8 Å². The molecule has 0 aromatic carbocycles. The van der Waals surface area contributed by atoms with Crippen LogP contribution in [-0.2, 0) is 4.79 Å². The predicted molar refractivity (Wildman–Crippen MR) is 39.5 cm³/mol. The van der Waals surface area contributed by atoms with Gasteiger partial charge in [-0.05, 0) is 13.3 Å². The Kier molecular flexibility index (Phi) is 2.06. The third kappa shape index (κ3) is 1.20. The first-order chi connectivity index (χ1) is 4.63. The third-order valence-corrected chi connectivity index (χ3v) is 2.19. The van der Waals surface area contributed by atoms with Gasteiger partial charge in [0.25, 0.3) is 0 Å². The van der Waals surface area contributed by atoms with Gasteiger partial charge in [0, 0.05) is 20.6 Å². The van der Waals surface area contributed by atoms with Crippen LogP contribution in [-0.4, -0.2) is 42.5 Å². The van der Waals surface area contributed by atoms with E-state index in [2.05, 4.69) is 5.01 Å². The number of ketones is 1. The highest BCUT2D eigenvalue weighted by molar-refractivity contribution is 5.81. The molecule has 0 saturated carbocycles. The summed E-state index contributed by atoms with van der Waals surface area (Å²) >= 11 is 0. The smallest absolute Gasteiger partial charge is 0.148 e. The van der Waals surface area contributed by atoms with Crippen LogP contribution in [0.5, 0.6) is 0 Å². The first-order valence-electron chi connectivity index (χ1n) is 3.57. The molecule has 0 bridgehead atoms. The minimum Gasteiger partial charge on any atom is -0.298 e. The zero-order valence-electron chi connectivity index (χ0n) is 6.79. The number of hydrogen-bond acceptors (Lipinski definition) is 3. The summed E-state index contributed by atoms with van der Waals surface area (Å²) in [6, 6.07) is 0.130. The molecule has 58 valence electrons. The molecule has 10 heavy (non-hydrogen) atoms. The van der Waals surface area contributed by atoms with Gasteiger partial charge in [0.2, 0.25) is 0 Å². The lowest BCUT2D eigenvalue weighted by Gasteiger charge is -2.22. The van der Waals surface area contributed by atoms with Gasteiger partial charge in [-0.1, -0.05) is 0 Å². The van der Waals surface area contributed by atoms with E-state index >= 15 is 0 Å². The number of hydrogen-bond donors (Lipinski definition) is 0. The molecule has 3 heteroatoms. The zero-order chi connectivity index (χ0) is 7.72. The molecule has 0 spiro atoms. The molecule has 1 atom stereocenters. The van der Waals surface area contributed by atoms with Gasteiger partial charge >= 0.3 is 0 Å². The number of carbonyl (C=O) groups excluding carboxylic acids is 1. The second-order valence-electron chi connectivity index (χ2n) is 2.87. The van der Waals surface area contributed by atoms with E-state index < -0.39 is 0 Å². The lowest BCUT2D eigenvalue weighted by molar-refractivity contribution is -0.123. The van der Waals surface area contributed by atoms with Gasteiger partial charge < -0.3 is 0 Å². The summed E-state index contributed by atoms with van der Waals surface area (Å²) in [7, 11) is 3.96. The van der Waals surface area contributed by atoms with Crippen molar-refractivity contribution in [2.75, 3.05) is 20.6 Å². The summed E-state index contributed by atoms with van der Waals surface area (Å²) in [5, 5.41) is 4.08. The molecule has 1 unspecified atom stereocenters. The standard InChI is InChI=1S/C7H14N2O/c1-6(10)7-4-5-8(2)9(7)3/h7H,4-5H2,1-3H3. The van der Waals surface area contributed by atoms with Crippen molar-refractivity contribution in [1.29, 1.82) is 0 Å². The van der Waals surface area contributed by atoms with Crippen molar-refractivity contribution in [3.05, 3.63) is 0 Å². The predicted octanol–water partition coefficient (Wildman–Crippen LogP) is 0.126. The van der Waals surface area contributed by atoms with E-state index in [0.717, 1.165) is 13.0 Å². The van der Waals surface area contributed by atoms with Gasteiger partial charge in [-0.3, -0.25) is 4.79 Å². The van der Waals surface area contributed by atoms with Crippen molar-refractivity contribution in [3.63, 3.8) is 0 Å². The fraction of sp³-hybridized carbons (Fsp3) is 0.857. The van der Waals surface area contributed by atoms with Crippen LogP contribution in [0.15, 0.2) is 0 Å². The van der Waals surface area contributed by atoms with Crippen molar-refractivity contribution in [2.24, 2.45) is 0 Å². The quantitative estimate of drug-likeness (QED) is 0.520. The van der Waals surface area contributed by atoms with E-state index in [9.17, 15) is 4.79 Å². The molecule has 1 aliphatic heterocycles. The Balaban J connectivity index is 2.57. The Morgan fingerprint density at radius 2 is 2.10 bits per heavy atom. The number of hydrazine groups is 1. The van der Waals surface area contributed by atoms with Crippen LogP contribution in [0.3, 0.4) is 0 Å². The molecule has 0 aliphatic carbocycles. The summed E-state index contributed by atoms with van der Waals surface area (Å²) in [5.41, 5.74) is 0. The van der Waals surface area contributed by atoms with Crippen LogP contribution >= 0.6 is 0 Å². The Bertz CT molecular complexity index is 147. The fourth-order valence-electron chi connectivity index (χ4n) is 1.36. The Morgan fingerprint density at radius 1 is 1.50 bits per heavy atom. The average molecular weight is 142 g/mol. The summed E-state index contributed by atoms with van der Waals surface area (Å²) in [4.78, 5) is 10.9. The summed E-state index contributed by atoms with van der Waals surface area (Å²) in [5.74, 6) is 0.270. The maximum absolute atomic E-state index is 10.9. The number of rotatable bonds is 1. The van der Waals surface area contributed by atoms with Gasteiger partial charge in [0.15, 0.2) is 0 Å². The van der Waals surface area contributed by atoms with Crippen molar-refractivity contribution in [3.8, 4) is 0 Å². The second-order valence-corrected chi connectivity index (χ2v) is 2.87. The second kappa shape index (κ2) is 2.68. The molecule has 1 fully saturated rings. The van der Waals surface area contributed by atoms with E-state index in [1.54, 1.807) is 6.92 Å². The first kappa shape index (κ1) is 7.69. The number of nitrogens with zero attached hydrogens (tertiary/aromatic N) is 2. The highest BCUT2D eigenvalue weighted by Crippen LogP contribution is 2.14. The molecule has 0 amide bonds. The normalized spacial score (nSPS) is 29.3. The average Bonchev–Trinajstić information content (AvgIpc) is 2.14. The molecule has 3 nitrogen and oxygen atoms in total. The van der Waals surface area contributed by atoms with Gasteiger partial charge in [-0.25, -0.2) is 10.0 Å². The van der Waals surface area contributed by atoms with Gasteiger partial charge in [0.1, 0.15) is 5.78 Å². The first-order valence-corrected chi connectivity index (χ1v) is 3.57. The molecule has 0 radical (unpaired) electrons. The van der Waals surface area contributed by atoms with E-state index in [4.69, 9.17) is 0 Å². The number of carbonyl (C=O) groups is 1. The minimum absolute atomic E-state index is 0.130. The van der Waals surface area contributed by atoms with Crippen molar-refractivity contribution >= 4 is 5.78 Å². The van der Waals surface area contributed by atoms with Gasteiger partial charge in [-0.2, -0.15) is 0 Å². The molecule has 0 aromatic heterocycles. The maximum atomic E-state index is 10.9. The van der Waals surface area contributed by atoms with Crippen LogP contribution in [0.25, 0.3) is 0 Å². The highest BCUT2D eigenvalue weighted by Gasteiger charge is 2.28. The minimum atomic E-state index is 0.130. The summed E-state index contributed by atoms with van der Waals surface area (Å²) in [6.07, 6.45) is 0.975. The molecule has 1 aliphatic rings. The fourth-order valence-corrected chi connectivity index (χ4v) is 1.36. The maximum Gasteiger partial charge on any atom is 0.148 e. The summed E-state index contributed by atoms with van der Waals surface area (Å²) < 4.78 is 0. The molecule has 0 N–H and O–H groups in total. The van der Waals surface area contributed by atoms with Gasteiger partial charge in [0.05, 0.1) is 6.04 Å². The Hall–Kier alpha value is -0.410. The zero-order valence-corrected chi connectivity index (χ0v) is 6.79. The van der Waals surface area contributed by atoms with Crippen molar-refractivity contribution < 1.29 is 4.79 Å². The van der Waals surface area contributed by atoms with Crippen LogP contribution in [0.1, 0.15) is 13.3 Å². The molecular weight excluding hydrogens is 128 g/mol. The van der Waals surface area contributed by atoms with Crippen LogP contribution in [0.2, 0.25) is 0 Å². The van der Waals surface area contributed by atoms with E-state index in [0.29, 0.717) is 0 Å². The molecule has 1 heterocycles. The topological polar surface area (TPSA) is 23.6 Å². The summed E-state index contributed by atoms with van der Waals surface area (Å²) in [6.45, 7) is 2.65. The lowest BCUT2D eigenvalue weighted by Crippen LogP contribution is -2.38. The van der Waals surface area contributed by atoms with Crippen molar-refractivity contribution in [2.45, 2.75) is 19.4 Å². The Labute approximate surface area is 61.6 Å². The van der Waals surface area contributed by atoms with Crippen LogP contribution < -0.4 is 0 Å². The molecule has 1 saturated heterocycles. The highest BCUT2D eigenvalue weighted by atomic mass is 16.1. The largest absolute Gasteiger partial charge is 0.298 e. The Morgan fingerprint density at radius 3 is 2.30 bits per heavy atom. The number of likely N-dealkylation sites (N-methyl/N-ethyl adjacent to an activating group) is 1. The van der Waals surface area contributed by atoms with E-state index in [1.807, 2.05) is 19.1 Å². The van der Waals surface area contributed by atoms with Crippen molar-refractivity contribution in [1.82, 2.24) is 10.0 Å². The number of Topliss-reactive ketones (excluding diaryl/α,β-unsaturated/α-hetero) is 1. The lowest BCUT2D eigenvalue weighted by atomic mass is 10.1. The third-order valence-electron chi connectivity index (χ3n) is 2.19. The van der Waals surface area contributed by atoms with E-state index in [1.165, 1.54) is 0 Å². The van der Waals surface area contributed by atoms with Crippen LogP contribution in [0.4, 0.5) is 0 Å².